The highest BCUT2D eigenvalue weighted by molar-refractivity contribution is 5.77. The number of hydrogen-bond donors (Lipinski definition) is 2. The van der Waals surface area contributed by atoms with Gasteiger partial charge in [0.2, 0.25) is 0 Å². The molecule has 0 aromatic carbocycles. The first kappa shape index (κ1) is 14.7. The maximum atomic E-state index is 6.10. The van der Waals surface area contributed by atoms with Crippen LogP contribution in [0.3, 0.4) is 0 Å². The largest absolute Gasteiger partial charge is 0.396 e. The van der Waals surface area contributed by atoms with Gasteiger partial charge in [0.05, 0.1) is 41.5 Å². The van der Waals surface area contributed by atoms with Crippen LogP contribution in [0.1, 0.15) is 31.0 Å². The summed E-state index contributed by atoms with van der Waals surface area (Å²) in [6, 6.07) is 2.45. The monoisotopic (exact) mass is 324 g/mol. The molecule has 0 radical (unpaired) electrons. The van der Waals surface area contributed by atoms with Crippen molar-refractivity contribution in [3.63, 3.8) is 0 Å². The van der Waals surface area contributed by atoms with Crippen LogP contribution in [-0.4, -0.2) is 36.4 Å². The normalized spacial score (nSPS) is 15.7. The summed E-state index contributed by atoms with van der Waals surface area (Å²) in [5, 5.41) is 10.2. The fourth-order valence-corrected chi connectivity index (χ4v) is 2.88. The Kier molecular flexibility index (Phi) is 3.46. The summed E-state index contributed by atoms with van der Waals surface area (Å²) in [6.45, 7) is 0. The molecule has 1 aliphatic carbocycles. The molecule has 3 aromatic heterocycles. The van der Waals surface area contributed by atoms with Crippen LogP contribution in [0.5, 0.6) is 0 Å². The average molecular weight is 324 g/mol. The van der Waals surface area contributed by atoms with Gasteiger partial charge in [-0.15, -0.1) is 0 Å². The van der Waals surface area contributed by atoms with Crippen LogP contribution in [0.2, 0.25) is 0 Å². The van der Waals surface area contributed by atoms with Gasteiger partial charge in [0.15, 0.2) is 0 Å². The van der Waals surface area contributed by atoms with Gasteiger partial charge in [-0.1, -0.05) is 0 Å². The number of rotatable bonds is 4. The molecule has 3 heterocycles. The molecule has 3 aromatic rings. The highest BCUT2D eigenvalue weighted by Crippen LogP contribution is 2.32. The SMILES string of the molecule is CN(N)/C=C(\N)c1cn2nccc2c(-c2cnn(C3CCC3)c2)n1. The second kappa shape index (κ2) is 5.64. The minimum absolute atomic E-state index is 0.477. The Morgan fingerprint density at radius 3 is 2.88 bits per heavy atom. The summed E-state index contributed by atoms with van der Waals surface area (Å²) in [6.07, 6.45) is 12.7. The minimum atomic E-state index is 0.477. The lowest BCUT2D eigenvalue weighted by atomic mass is 9.93. The fourth-order valence-electron chi connectivity index (χ4n) is 2.88. The lowest BCUT2D eigenvalue weighted by Gasteiger charge is -2.25. The quantitative estimate of drug-likeness (QED) is 0.555. The predicted molar refractivity (Wildman–Crippen MR) is 91.2 cm³/mol. The highest BCUT2D eigenvalue weighted by atomic mass is 15.4. The number of hydrogen-bond acceptors (Lipinski definition) is 6. The van der Waals surface area contributed by atoms with Gasteiger partial charge in [-0.25, -0.2) is 15.3 Å². The first-order valence-electron chi connectivity index (χ1n) is 7.96. The first-order chi connectivity index (χ1) is 11.6. The zero-order chi connectivity index (χ0) is 16.7. The topological polar surface area (TPSA) is 103 Å². The van der Waals surface area contributed by atoms with Crippen LogP contribution in [0, 0.1) is 0 Å². The third-order valence-electron chi connectivity index (χ3n) is 4.35. The van der Waals surface area contributed by atoms with Gasteiger partial charge in [-0.2, -0.15) is 10.2 Å². The molecule has 8 heteroatoms. The van der Waals surface area contributed by atoms with Gasteiger partial charge in [0.1, 0.15) is 5.69 Å². The molecule has 124 valence electrons. The number of nitrogens with zero attached hydrogens (tertiary/aromatic N) is 6. The Hall–Kier alpha value is -2.87. The molecule has 4 rings (SSSR count). The summed E-state index contributed by atoms with van der Waals surface area (Å²) >= 11 is 0. The van der Waals surface area contributed by atoms with E-state index in [1.807, 2.05) is 16.9 Å². The lowest BCUT2D eigenvalue weighted by molar-refractivity contribution is 0.289. The van der Waals surface area contributed by atoms with Crippen LogP contribution in [0.15, 0.2) is 37.1 Å². The van der Waals surface area contributed by atoms with E-state index in [4.69, 9.17) is 16.6 Å². The second-order valence-electron chi connectivity index (χ2n) is 6.18. The molecule has 8 nitrogen and oxygen atoms in total. The summed E-state index contributed by atoms with van der Waals surface area (Å²) < 4.78 is 3.81. The van der Waals surface area contributed by atoms with E-state index in [-0.39, 0.29) is 0 Å². The van der Waals surface area contributed by atoms with Crippen molar-refractivity contribution in [1.29, 1.82) is 0 Å². The van der Waals surface area contributed by atoms with E-state index in [0.717, 1.165) is 16.8 Å². The summed E-state index contributed by atoms with van der Waals surface area (Å²) in [5.41, 5.74) is 9.89. The molecule has 0 saturated heterocycles. The standard InChI is InChI=1S/C16H20N8/c1-22(18)9-13(17)14-10-24-15(5-6-19-24)16(21-14)11-7-20-23(8-11)12-3-2-4-12/h5-10,12H,2-4,17-18H2,1H3/b13-9-. The van der Waals surface area contributed by atoms with Crippen molar-refractivity contribution >= 4 is 11.2 Å². The molecular formula is C16H20N8. The van der Waals surface area contributed by atoms with Crippen molar-refractivity contribution in [2.45, 2.75) is 25.3 Å². The summed E-state index contributed by atoms with van der Waals surface area (Å²) in [5.74, 6) is 5.64. The Morgan fingerprint density at radius 1 is 1.33 bits per heavy atom. The van der Waals surface area contributed by atoms with Crippen LogP contribution in [0.25, 0.3) is 22.5 Å². The molecule has 0 bridgehead atoms. The van der Waals surface area contributed by atoms with Gasteiger partial charge in [-0.05, 0) is 25.3 Å². The Balaban J connectivity index is 1.81. The molecule has 1 aliphatic rings. The van der Waals surface area contributed by atoms with Gasteiger partial charge in [0.25, 0.3) is 0 Å². The Labute approximate surface area is 139 Å². The highest BCUT2D eigenvalue weighted by Gasteiger charge is 2.21. The van der Waals surface area contributed by atoms with E-state index < -0.39 is 0 Å². The maximum Gasteiger partial charge on any atom is 0.107 e. The van der Waals surface area contributed by atoms with Crippen molar-refractivity contribution in [1.82, 2.24) is 29.4 Å². The van der Waals surface area contributed by atoms with Gasteiger partial charge in [0, 0.05) is 25.0 Å². The molecule has 0 amide bonds. The number of fused-ring (bicyclic) bond motifs is 1. The molecule has 0 atom stereocenters. The smallest absolute Gasteiger partial charge is 0.107 e. The number of aromatic nitrogens is 5. The van der Waals surface area contributed by atoms with Crippen LogP contribution in [0.4, 0.5) is 0 Å². The van der Waals surface area contributed by atoms with Crippen molar-refractivity contribution < 1.29 is 0 Å². The molecule has 0 spiro atoms. The zero-order valence-electron chi connectivity index (χ0n) is 13.5. The number of nitrogens with two attached hydrogens (primary N) is 2. The average Bonchev–Trinajstić information content (AvgIpc) is 3.12. The second-order valence-corrected chi connectivity index (χ2v) is 6.18. The van der Waals surface area contributed by atoms with E-state index in [1.165, 1.54) is 24.3 Å². The van der Waals surface area contributed by atoms with E-state index >= 15 is 0 Å². The third kappa shape index (κ3) is 2.50. The van der Waals surface area contributed by atoms with Crippen molar-refractivity contribution in [2.75, 3.05) is 7.05 Å². The van der Waals surface area contributed by atoms with Gasteiger partial charge >= 0.3 is 0 Å². The van der Waals surface area contributed by atoms with Crippen LogP contribution < -0.4 is 11.6 Å². The molecule has 4 N–H and O–H groups in total. The zero-order valence-corrected chi connectivity index (χ0v) is 13.5. The molecule has 0 aliphatic heterocycles. The lowest BCUT2D eigenvalue weighted by Crippen LogP contribution is -2.21. The maximum absolute atomic E-state index is 6.10. The van der Waals surface area contributed by atoms with E-state index in [2.05, 4.69) is 16.4 Å². The number of hydrazine groups is 1. The molecular weight excluding hydrogens is 304 g/mol. The first-order valence-corrected chi connectivity index (χ1v) is 7.96. The van der Waals surface area contributed by atoms with Crippen molar-refractivity contribution in [3.05, 3.63) is 42.7 Å². The van der Waals surface area contributed by atoms with E-state index in [1.54, 1.807) is 30.2 Å². The molecule has 1 saturated carbocycles. The van der Waals surface area contributed by atoms with Gasteiger partial charge in [-0.3, -0.25) is 4.68 Å². The summed E-state index contributed by atoms with van der Waals surface area (Å²) in [7, 11) is 1.71. The predicted octanol–water partition coefficient (Wildman–Crippen LogP) is 1.38. The van der Waals surface area contributed by atoms with Crippen LogP contribution >= 0.6 is 0 Å². The summed E-state index contributed by atoms with van der Waals surface area (Å²) in [4.78, 5) is 4.72. The van der Waals surface area contributed by atoms with E-state index in [9.17, 15) is 0 Å². The van der Waals surface area contributed by atoms with Crippen molar-refractivity contribution in [3.8, 4) is 11.3 Å². The Bertz CT molecular complexity index is 900. The molecule has 0 unspecified atom stereocenters. The van der Waals surface area contributed by atoms with Crippen molar-refractivity contribution in [2.24, 2.45) is 11.6 Å². The third-order valence-corrected chi connectivity index (χ3v) is 4.35. The minimum Gasteiger partial charge on any atom is -0.396 e. The van der Waals surface area contributed by atoms with Crippen LogP contribution in [-0.2, 0) is 0 Å². The molecule has 24 heavy (non-hydrogen) atoms. The fraction of sp³-hybridized carbons (Fsp3) is 0.312. The van der Waals surface area contributed by atoms with E-state index in [0.29, 0.717) is 17.4 Å². The van der Waals surface area contributed by atoms with Gasteiger partial charge < -0.3 is 10.7 Å². The Morgan fingerprint density at radius 2 is 2.17 bits per heavy atom. The molecule has 1 fully saturated rings.